The molecule has 1 saturated heterocycles. The fraction of sp³-hybridized carbons (Fsp3) is 0.276. The Morgan fingerprint density at radius 3 is 2.82 bits per heavy atom. The topological polar surface area (TPSA) is 87.7 Å². The van der Waals surface area contributed by atoms with Gasteiger partial charge < -0.3 is 19.9 Å². The van der Waals surface area contributed by atoms with Gasteiger partial charge in [-0.25, -0.2) is 8.91 Å². The number of aliphatic hydroxyl groups excluding tert-OH is 1. The second-order valence-corrected chi connectivity index (χ2v) is 10.0. The van der Waals surface area contributed by atoms with Crippen LogP contribution in [0.2, 0.25) is 0 Å². The Labute approximate surface area is 219 Å². The molecule has 0 aliphatic carbocycles. The molecule has 6 rings (SSSR count). The van der Waals surface area contributed by atoms with E-state index in [2.05, 4.69) is 10.4 Å². The Bertz CT molecular complexity index is 1660. The zero-order valence-electron chi connectivity index (χ0n) is 21.3. The summed E-state index contributed by atoms with van der Waals surface area (Å²) >= 11 is 0. The van der Waals surface area contributed by atoms with Crippen LogP contribution >= 0.6 is 0 Å². The largest absolute Gasteiger partial charge is 0.391 e. The highest BCUT2D eigenvalue weighted by Gasteiger charge is 2.22. The van der Waals surface area contributed by atoms with Crippen LogP contribution in [0.25, 0.3) is 27.7 Å². The molecular weight excluding hydrogens is 483 g/mol. The molecule has 2 aromatic carbocycles. The SMILES string of the molecule is CC(NC(=O)c1cn(C)c2ccc(-c3ccn4nc(N5CCCC(O)C5)nc4c3)cc12)c1cccc(F)c1. The van der Waals surface area contributed by atoms with Crippen molar-refractivity contribution in [3.05, 3.63) is 83.9 Å². The number of benzene rings is 2. The monoisotopic (exact) mass is 512 g/mol. The highest BCUT2D eigenvalue weighted by atomic mass is 19.1. The number of aromatic nitrogens is 4. The van der Waals surface area contributed by atoms with Crippen molar-refractivity contribution in [1.82, 2.24) is 24.5 Å². The van der Waals surface area contributed by atoms with Crippen LogP contribution in [0, 0.1) is 5.82 Å². The first-order valence-electron chi connectivity index (χ1n) is 12.8. The summed E-state index contributed by atoms with van der Waals surface area (Å²) in [5.74, 6) is 0.0697. The highest BCUT2D eigenvalue weighted by Crippen LogP contribution is 2.29. The van der Waals surface area contributed by atoms with Gasteiger partial charge in [-0.15, -0.1) is 5.10 Å². The van der Waals surface area contributed by atoms with Gasteiger partial charge in [-0.1, -0.05) is 18.2 Å². The first kappa shape index (κ1) is 24.1. The lowest BCUT2D eigenvalue weighted by molar-refractivity contribution is 0.0941. The Hall–Kier alpha value is -4.24. The third-order valence-electron chi connectivity index (χ3n) is 7.27. The summed E-state index contributed by atoms with van der Waals surface area (Å²) < 4.78 is 17.4. The number of halogens is 1. The lowest BCUT2D eigenvalue weighted by Gasteiger charge is -2.28. The minimum atomic E-state index is -0.355. The van der Waals surface area contributed by atoms with Crippen LogP contribution in [0.15, 0.2) is 67.0 Å². The van der Waals surface area contributed by atoms with Gasteiger partial charge in [0.25, 0.3) is 5.91 Å². The number of pyridine rings is 1. The summed E-state index contributed by atoms with van der Waals surface area (Å²) in [7, 11) is 1.91. The van der Waals surface area contributed by atoms with Gasteiger partial charge in [0.2, 0.25) is 5.95 Å². The molecule has 8 nitrogen and oxygen atoms in total. The smallest absolute Gasteiger partial charge is 0.253 e. The van der Waals surface area contributed by atoms with Crippen LogP contribution in [0.5, 0.6) is 0 Å². The van der Waals surface area contributed by atoms with Gasteiger partial charge in [-0.3, -0.25) is 4.79 Å². The molecule has 194 valence electrons. The molecule has 1 fully saturated rings. The highest BCUT2D eigenvalue weighted by molar-refractivity contribution is 6.08. The summed E-state index contributed by atoms with van der Waals surface area (Å²) in [6, 6.07) is 15.9. The van der Waals surface area contributed by atoms with Crippen molar-refractivity contribution in [2.45, 2.75) is 31.9 Å². The average Bonchev–Trinajstić information content (AvgIpc) is 3.49. The van der Waals surface area contributed by atoms with Crippen LogP contribution in [-0.2, 0) is 7.05 Å². The molecule has 3 aromatic heterocycles. The van der Waals surface area contributed by atoms with Crippen LogP contribution in [0.1, 0.15) is 41.7 Å². The van der Waals surface area contributed by atoms with Crippen molar-refractivity contribution in [2.24, 2.45) is 7.05 Å². The third-order valence-corrected chi connectivity index (χ3v) is 7.27. The van der Waals surface area contributed by atoms with E-state index < -0.39 is 0 Å². The van der Waals surface area contributed by atoms with Gasteiger partial charge >= 0.3 is 0 Å². The van der Waals surface area contributed by atoms with Gasteiger partial charge in [0.1, 0.15) is 5.82 Å². The van der Waals surface area contributed by atoms with E-state index in [-0.39, 0.29) is 23.9 Å². The molecule has 0 radical (unpaired) electrons. The third kappa shape index (κ3) is 4.50. The van der Waals surface area contributed by atoms with E-state index in [1.54, 1.807) is 16.6 Å². The second-order valence-electron chi connectivity index (χ2n) is 10.0. The molecule has 5 aromatic rings. The van der Waals surface area contributed by atoms with Gasteiger partial charge in [-0.2, -0.15) is 4.98 Å². The number of hydrogen-bond acceptors (Lipinski definition) is 5. The normalized spacial score (nSPS) is 16.7. The predicted octanol–water partition coefficient (Wildman–Crippen LogP) is 4.48. The lowest BCUT2D eigenvalue weighted by Crippen LogP contribution is -2.38. The summed E-state index contributed by atoms with van der Waals surface area (Å²) in [5, 5.41) is 18.5. The van der Waals surface area contributed by atoms with E-state index in [4.69, 9.17) is 4.98 Å². The van der Waals surface area contributed by atoms with Crippen molar-refractivity contribution in [3.8, 4) is 11.1 Å². The number of carbonyl (C=O) groups excluding carboxylic acids is 1. The molecule has 1 amide bonds. The van der Waals surface area contributed by atoms with Crippen molar-refractivity contribution in [3.63, 3.8) is 0 Å². The van der Waals surface area contributed by atoms with E-state index in [9.17, 15) is 14.3 Å². The first-order valence-corrected chi connectivity index (χ1v) is 12.8. The summed E-state index contributed by atoms with van der Waals surface area (Å²) in [4.78, 5) is 20.0. The maximum Gasteiger partial charge on any atom is 0.253 e. The van der Waals surface area contributed by atoms with E-state index in [0.29, 0.717) is 29.3 Å². The fourth-order valence-corrected chi connectivity index (χ4v) is 5.21. The van der Waals surface area contributed by atoms with Crippen LogP contribution in [-0.4, -0.2) is 49.4 Å². The first-order chi connectivity index (χ1) is 18.4. The number of aryl methyl sites for hydroxylation is 1. The quantitative estimate of drug-likeness (QED) is 0.363. The number of rotatable bonds is 5. The van der Waals surface area contributed by atoms with E-state index in [1.807, 2.05) is 66.2 Å². The fourth-order valence-electron chi connectivity index (χ4n) is 5.21. The molecule has 1 aliphatic heterocycles. The second kappa shape index (κ2) is 9.57. The Balaban J connectivity index is 1.30. The zero-order valence-corrected chi connectivity index (χ0v) is 21.3. The Morgan fingerprint density at radius 2 is 2.00 bits per heavy atom. The minimum Gasteiger partial charge on any atom is -0.391 e. The lowest BCUT2D eigenvalue weighted by atomic mass is 10.0. The van der Waals surface area contributed by atoms with E-state index in [0.717, 1.165) is 41.4 Å². The maximum atomic E-state index is 13.7. The number of aliphatic hydroxyl groups is 1. The van der Waals surface area contributed by atoms with Gasteiger partial charge in [0.15, 0.2) is 5.65 Å². The van der Waals surface area contributed by atoms with Crippen LogP contribution < -0.4 is 10.2 Å². The summed E-state index contributed by atoms with van der Waals surface area (Å²) in [6.45, 7) is 3.21. The minimum absolute atomic E-state index is 0.217. The Morgan fingerprint density at radius 1 is 1.16 bits per heavy atom. The van der Waals surface area contributed by atoms with Crippen molar-refractivity contribution >= 4 is 28.4 Å². The molecule has 0 bridgehead atoms. The summed E-state index contributed by atoms with van der Waals surface area (Å²) in [5.41, 5.74) is 4.83. The Kier molecular flexibility index (Phi) is 6.07. The van der Waals surface area contributed by atoms with E-state index >= 15 is 0 Å². The number of nitrogens with zero attached hydrogens (tertiary/aromatic N) is 5. The molecule has 1 aliphatic rings. The molecule has 2 N–H and O–H groups in total. The van der Waals surface area contributed by atoms with Gasteiger partial charge in [0, 0.05) is 43.4 Å². The van der Waals surface area contributed by atoms with Gasteiger partial charge in [0.05, 0.1) is 17.7 Å². The molecule has 0 spiro atoms. The molecule has 0 saturated carbocycles. The van der Waals surface area contributed by atoms with Crippen molar-refractivity contribution in [1.29, 1.82) is 0 Å². The molecule has 4 heterocycles. The molecule has 38 heavy (non-hydrogen) atoms. The number of fused-ring (bicyclic) bond motifs is 2. The molecule has 9 heteroatoms. The van der Waals surface area contributed by atoms with Crippen LogP contribution in [0.3, 0.4) is 0 Å². The predicted molar refractivity (Wildman–Crippen MR) is 145 cm³/mol. The van der Waals surface area contributed by atoms with Crippen molar-refractivity contribution in [2.75, 3.05) is 18.0 Å². The number of amides is 1. The number of piperidine rings is 1. The maximum absolute atomic E-state index is 13.7. The number of hydrogen-bond donors (Lipinski definition) is 2. The molecule has 2 atom stereocenters. The zero-order chi connectivity index (χ0) is 26.4. The number of carbonyl (C=O) groups is 1. The number of nitrogens with one attached hydrogen (secondary N) is 1. The molecule has 2 unspecified atom stereocenters. The van der Waals surface area contributed by atoms with Crippen LogP contribution in [0.4, 0.5) is 10.3 Å². The van der Waals surface area contributed by atoms with E-state index in [1.165, 1.54) is 12.1 Å². The van der Waals surface area contributed by atoms with Gasteiger partial charge in [-0.05, 0) is 72.9 Å². The number of β-amino-alcohol motifs (C(OH)–C–C–N with tert-alkyl or cyclic N) is 1. The summed E-state index contributed by atoms with van der Waals surface area (Å²) in [6.07, 6.45) is 5.07. The molecular formula is C29H29FN6O2. The van der Waals surface area contributed by atoms with Crippen molar-refractivity contribution < 1.29 is 14.3 Å². The standard InChI is InChI=1S/C29H29FN6O2/c1-18(19-5-3-6-22(30)13-19)31-28(38)25-17-34(2)26-9-8-20(14-24(25)26)21-10-12-36-27(15-21)32-29(33-36)35-11-4-7-23(37)16-35/h3,5-6,8-10,12-15,17-18,23,37H,4,7,11,16H2,1-2H3,(H,31,38). The number of anilines is 1. The average molecular weight is 513 g/mol.